The minimum Gasteiger partial charge on any atom is -0.462 e. The number of alkyl halides is 3. The first-order valence-corrected chi connectivity index (χ1v) is 8.38. The monoisotopic (exact) mass is 391 g/mol. The number of hydrogen-bond donors (Lipinski definition) is 1. The fourth-order valence-electron chi connectivity index (χ4n) is 2.37. The summed E-state index contributed by atoms with van der Waals surface area (Å²) in [5, 5.41) is 6.84. The molecule has 0 aliphatic rings. The molecule has 0 bridgehead atoms. The summed E-state index contributed by atoms with van der Waals surface area (Å²) >= 11 is 0. The third kappa shape index (κ3) is 4.67. The number of hydrogen-bond acceptors (Lipinski definition) is 6. The van der Waals surface area contributed by atoms with E-state index in [9.17, 15) is 18.0 Å². The first-order valence-electron chi connectivity index (χ1n) is 8.38. The lowest BCUT2D eigenvalue weighted by Gasteiger charge is -2.06. The third-order valence-corrected chi connectivity index (χ3v) is 3.78. The number of nitrogens with one attached hydrogen (secondary N) is 1. The molecule has 0 aliphatic heterocycles. The van der Waals surface area contributed by atoms with Crippen LogP contribution in [0.1, 0.15) is 28.7 Å². The number of anilines is 1. The van der Waals surface area contributed by atoms with E-state index in [-0.39, 0.29) is 18.3 Å². The SMILES string of the molecule is CCOC(=O)c1ccc(NCc2nc(-c3ccc(C(F)(F)F)cc3)no2)cc1. The molecule has 9 heteroatoms. The fourth-order valence-corrected chi connectivity index (χ4v) is 2.37. The van der Waals surface area contributed by atoms with E-state index in [0.717, 1.165) is 17.8 Å². The van der Waals surface area contributed by atoms with Crippen LogP contribution < -0.4 is 5.32 Å². The van der Waals surface area contributed by atoms with E-state index in [0.29, 0.717) is 17.7 Å². The Labute approximate surface area is 158 Å². The van der Waals surface area contributed by atoms with Crippen molar-refractivity contribution in [3.63, 3.8) is 0 Å². The maximum Gasteiger partial charge on any atom is 0.416 e. The van der Waals surface area contributed by atoms with Gasteiger partial charge < -0.3 is 14.6 Å². The van der Waals surface area contributed by atoms with Crippen molar-refractivity contribution in [2.24, 2.45) is 0 Å². The molecule has 6 nitrogen and oxygen atoms in total. The molecule has 0 aliphatic carbocycles. The molecule has 0 saturated carbocycles. The predicted molar refractivity (Wildman–Crippen MR) is 94.5 cm³/mol. The lowest BCUT2D eigenvalue weighted by molar-refractivity contribution is -0.137. The minimum absolute atomic E-state index is 0.197. The zero-order chi connectivity index (χ0) is 20.1. The molecule has 28 heavy (non-hydrogen) atoms. The lowest BCUT2D eigenvalue weighted by Crippen LogP contribution is -2.05. The Bertz CT molecular complexity index is 936. The van der Waals surface area contributed by atoms with E-state index in [2.05, 4.69) is 15.5 Å². The van der Waals surface area contributed by atoms with Crippen LogP contribution in [0.4, 0.5) is 18.9 Å². The summed E-state index contributed by atoms with van der Waals surface area (Å²) in [5.41, 5.74) is 0.840. The molecule has 0 fully saturated rings. The van der Waals surface area contributed by atoms with Gasteiger partial charge in [0.15, 0.2) is 0 Å². The number of carbonyl (C=O) groups is 1. The zero-order valence-corrected chi connectivity index (χ0v) is 14.8. The molecule has 0 saturated heterocycles. The normalized spacial score (nSPS) is 11.3. The Morgan fingerprint density at radius 3 is 2.39 bits per heavy atom. The largest absolute Gasteiger partial charge is 0.462 e. The quantitative estimate of drug-likeness (QED) is 0.622. The van der Waals surface area contributed by atoms with Gasteiger partial charge in [-0.15, -0.1) is 0 Å². The minimum atomic E-state index is -4.40. The molecule has 146 valence electrons. The maximum atomic E-state index is 12.6. The van der Waals surface area contributed by atoms with Gasteiger partial charge in [0, 0.05) is 11.3 Å². The second-order valence-electron chi connectivity index (χ2n) is 5.74. The number of rotatable bonds is 6. The van der Waals surface area contributed by atoms with E-state index < -0.39 is 17.7 Å². The van der Waals surface area contributed by atoms with Crippen molar-refractivity contribution in [2.45, 2.75) is 19.6 Å². The number of aromatic nitrogens is 2. The average Bonchev–Trinajstić information content (AvgIpc) is 3.15. The Balaban J connectivity index is 1.61. The van der Waals surface area contributed by atoms with Gasteiger partial charge in [0.2, 0.25) is 11.7 Å². The van der Waals surface area contributed by atoms with Crippen molar-refractivity contribution < 1.29 is 27.2 Å². The molecule has 1 aromatic heterocycles. The van der Waals surface area contributed by atoms with Crippen LogP contribution in [0.3, 0.4) is 0 Å². The highest BCUT2D eigenvalue weighted by atomic mass is 19.4. The van der Waals surface area contributed by atoms with E-state index in [4.69, 9.17) is 9.26 Å². The van der Waals surface area contributed by atoms with Crippen LogP contribution in [0, 0.1) is 0 Å². The van der Waals surface area contributed by atoms with E-state index in [1.165, 1.54) is 12.1 Å². The molecule has 0 spiro atoms. The fraction of sp³-hybridized carbons (Fsp3) is 0.211. The Morgan fingerprint density at radius 1 is 1.11 bits per heavy atom. The summed E-state index contributed by atoms with van der Waals surface area (Å²) in [6.45, 7) is 2.25. The summed E-state index contributed by atoms with van der Waals surface area (Å²) in [7, 11) is 0. The van der Waals surface area contributed by atoms with Gasteiger partial charge in [0.05, 0.1) is 24.3 Å². The molecule has 3 aromatic rings. The summed E-state index contributed by atoms with van der Waals surface area (Å²) in [4.78, 5) is 15.8. The number of nitrogens with zero attached hydrogens (tertiary/aromatic N) is 2. The zero-order valence-electron chi connectivity index (χ0n) is 14.8. The third-order valence-electron chi connectivity index (χ3n) is 3.78. The second kappa shape index (κ2) is 8.12. The van der Waals surface area contributed by atoms with Gasteiger partial charge in [-0.05, 0) is 43.3 Å². The molecule has 3 rings (SSSR count). The molecule has 1 heterocycles. The van der Waals surface area contributed by atoms with Gasteiger partial charge in [-0.2, -0.15) is 18.2 Å². The van der Waals surface area contributed by atoms with Gasteiger partial charge in [-0.1, -0.05) is 17.3 Å². The number of benzene rings is 2. The van der Waals surface area contributed by atoms with Crippen molar-refractivity contribution in [3.8, 4) is 11.4 Å². The van der Waals surface area contributed by atoms with Gasteiger partial charge in [-0.25, -0.2) is 4.79 Å². The van der Waals surface area contributed by atoms with E-state index >= 15 is 0 Å². The van der Waals surface area contributed by atoms with E-state index in [1.807, 2.05) is 0 Å². The summed E-state index contributed by atoms with van der Waals surface area (Å²) in [6.07, 6.45) is -4.40. The predicted octanol–water partition coefficient (Wildman–Crippen LogP) is 4.54. The Morgan fingerprint density at radius 2 is 1.79 bits per heavy atom. The highest BCUT2D eigenvalue weighted by Crippen LogP contribution is 2.30. The lowest BCUT2D eigenvalue weighted by atomic mass is 10.1. The summed E-state index contributed by atoms with van der Waals surface area (Å²) in [6, 6.07) is 11.2. The summed E-state index contributed by atoms with van der Waals surface area (Å²) < 4.78 is 47.9. The van der Waals surface area contributed by atoms with Crippen LogP contribution >= 0.6 is 0 Å². The molecular weight excluding hydrogens is 375 g/mol. The number of ether oxygens (including phenoxy) is 1. The van der Waals surface area contributed by atoms with Crippen LogP contribution in [-0.4, -0.2) is 22.7 Å². The molecule has 1 N–H and O–H groups in total. The van der Waals surface area contributed by atoms with E-state index in [1.54, 1.807) is 31.2 Å². The van der Waals surface area contributed by atoms with Gasteiger partial charge in [0.1, 0.15) is 0 Å². The summed E-state index contributed by atoms with van der Waals surface area (Å²) in [5.74, 6) is 0.0692. The van der Waals surface area contributed by atoms with Crippen molar-refractivity contribution in [1.82, 2.24) is 10.1 Å². The molecule has 0 unspecified atom stereocenters. The highest BCUT2D eigenvalue weighted by molar-refractivity contribution is 5.89. The first kappa shape index (κ1) is 19.4. The molecular formula is C19H16F3N3O3. The topological polar surface area (TPSA) is 77.2 Å². The van der Waals surface area contributed by atoms with Crippen molar-refractivity contribution >= 4 is 11.7 Å². The van der Waals surface area contributed by atoms with Crippen molar-refractivity contribution in [2.75, 3.05) is 11.9 Å². The Kier molecular flexibility index (Phi) is 5.62. The van der Waals surface area contributed by atoms with Gasteiger partial charge >= 0.3 is 12.1 Å². The highest BCUT2D eigenvalue weighted by Gasteiger charge is 2.30. The van der Waals surface area contributed by atoms with Gasteiger partial charge in [-0.3, -0.25) is 0 Å². The van der Waals surface area contributed by atoms with Gasteiger partial charge in [0.25, 0.3) is 0 Å². The standard InChI is InChI=1S/C19H16F3N3O3/c1-2-27-18(26)13-5-9-15(10-6-13)23-11-16-24-17(25-28-16)12-3-7-14(8-4-12)19(20,21)22/h3-10,23H,2,11H2,1H3. The average molecular weight is 391 g/mol. The van der Waals surface area contributed by atoms with Crippen molar-refractivity contribution in [3.05, 3.63) is 65.5 Å². The number of carbonyl (C=O) groups excluding carboxylic acids is 1. The maximum absolute atomic E-state index is 12.6. The smallest absolute Gasteiger partial charge is 0.416 e. The van der Waals surface area contributed by atoms with Crippen LogP contribution in [0.2, 0.25) is 0 Å². The van der Waals surface area contributed by atoms with Crippen LogP contribution in [0.25, 0.3) is 11.4 Å². The molecule has 0 amide bonds. The second-order valence-corrected chi connectivity index (χ2v) is 5.74. The molecule has 0 atom stereocenters. The van der Waals surface area contributed by atoms with Crippen molar-refractivity contribution in [1.29, 1.82) is 0 Å². The molecule has 0 radical (unpaired) electrons. The van der Waals surface area contributed by atoms with Crippen LogP contribution in [0.15, 0.2) is 53.1 Å². The van der Waals surface area contributed by atoms with Crippen LogP contribution in [-0.2, 0) is 17.5 Å². The first-order chi connectivity index (χ1) is 13.4. The molecule has 2 aromatic carbocycles. The van der Waals surface area contributed by atoms with Crippen LogP contribution in [0.5, 0.6) is 0 Å². The number of esters is 1. The Hall–Kier alpha value is -3.36. The number of halogens is 3.